The highest BCUT2D eigenvalue weighted by molar-refractivity contribution is 5.93. The largest absolute Gasteiger partial charge is 0.347 e. The lowest BCUT2D eigenvalue weighted by molar-refractivity contribution is -0.129. The van der Waals surface area contributed by atoms with Gasteiger partial charge in [-0.1, -0.05) is 18.2 Å². The summed E-state index contributed by atoms with van der Waals surface area (Å²) in [5.74, 6) is 0.168. The van der Waals surface area contributed by atoms with E-state index in [1.54, 1.807) is 32.7 Å². The molecule has 0 fully saturated rings. The van der Waals surface area contributed by atoms with Crippen molar-refractivity contribution >= 4 is 11.8 Å². The third-order valence-corrected chi connectivity index (χ3v) is 3.52. The topological polar surface area (TPSA) is 71.3 Å². The van der Waals surface area contributed by atoms with Crippen molar-refractivity contribution in [2.75, 3.05) is 27.7 Å². The summed E-state index contributed by atoms with van der Waals surface area (Å²) in [5.41, 5.74) is 1.92. The van der Waals surface area contributed by atoms with Gasteiger partial charge in [0.1, 0.15) is 5.82 Å². The minimum Gasteiger partial charge on any atom is -0.347 e. The lowest BCUT2D eigenvalue weighted by atomic mass is 10.2. The summed E-state index contributed by atoms with van der Waals surface area (Å²) in [6.07, 6.45) is 0. The molecule has 2 aromatic rings. The molecule has 0 aliphatic heterocycles. The summed E-state index contributed by atoms with van der Waals surface area (Å²) in [6, 6.07) is 7.75. The second-order valence-electron chi connectivity index (χ2n) is 5.63. The van der Waals surface area contributed by atoms with Gasteiger partial charge in [0, 0.05) is 21.1 Å². The van der Waals surface area contributed by atoms with Gasteiger partial charge >= 0.3 is 0 Å². The van der Waals surface area contributed by atoms with Crippen LogP contribution in [0.1, 0.15) is 22.0 Å². The zero-order valence-electron chi connectivity index (χ0n) is 14.1. The van der Waals surface area contributed by atoms with E-state index in [1.807, 2.05) is 31.2 Å². The van der Waals surface area contributed by atoms with Crippen LogP contribution in [-0.2, 0) is 4.79 Å². The Morgan fingerprint density at radius 1 is 1.13 bits per heavy atom. The van der Waals surface area contributed by atoms with Gasteiger partial charge in [0.15, 0.2) is 0 Å². The lowest BCUT2D eigenvalue weighted by Crippen LogP contribution is -2.38. The molecule has 23 heavy (non-hydrogen) atoms. The van der Waals surface area contributed by atoms with Crippen LogP contribution in [0.2, 0.25) is 0 Å². The van der Waals surface area contributed by atoms with E-state index in [1.165, 1.54) is 9.80 Å². The average molecular weight is 315 g/mol. The predicted octanol–water partition coefficient (Wildman–Crippen LogP) is 1.04. The van der Waals surface area contributed by atoms with Crippen molar-refractivity contribution in [3.05, 3.63) is 41.5 Å². The molecule has 0 saturated heterocycles. The van der Waals surface area contributed by atoms with E-state index < -0.39 is 0 Å². The molecule has 2 rings (SSSR count). The van der Waals surface area contributed by atoms with Gasteiger partial charge < -0.3 is 9.80 Å². The Labute approximate surface area is 135 Å². The zero-order valence-corrected chi connectivity index (χ0v) is 14.1. The Balaban J connectivity index is 2.25. The maximum atomic E-state index is 12.4. The molecule has 7 nitrogen and oxygen atoms in total. The number of hydrogen-bond acceptors (Lipinski definition) is 4. The first kappa shape index (κ1) is 16.7. The molecule has 1 aromatic carbocycles. The van der Waals surface area contributed by atoms with Gasteiger partial charge in [0.05, 0.1) is 12.2 Å². The molecule has 0 saturated carbocycles. The van der Waals surface area contributed by atoms with Gasteiger partial charge in [0.25, 0.3) is 5.91 Å². The first-order chi connectivity index (χ1) is 10.8. The average Bonchev–Trinajstić information content (AvgIpc) is 2.88. The summed E-state index contributed by atoms with van der Waals surface area (Å²) >= 11 is 0. The SMILES string of the molecule is Cc1ccccc1-n1nc(C(=O)N(C)CC(=O)N(C)C)nc1C. The standard InChI is InChI=1S/C16H21N5O2/c1-11-8-6-7-9-13(11)21-12(2)17-15(18-21)16(23)20(5)10-14(22)19(3)4/h6-9H,10H2,1-5H3. The molecule has 0 N–H and O–H groups in total. The molecule has 0 atom stereocenters. The molecule has 7 heteroatoms. The van der Waals surface area contributed by atoms with Crippen molar-refractivity contribution in [3.8, 4) is 5.69 Å². The van der Waals surface area contributed by atoms with Gasteiger partial charge in [0.2, 0.25) is 11.7 Å². The molecule has 1 aromatic heterocycles. The van der Waals surface area contributed by atoms with Crippen molar-refractivity contribution < 1.29 is 9.59 Å². The van der Waals surface area contributed by atoms with Crippen LogP contribution in [0.4, 0.5) is 0 Å². The first-order valence-corrected chi connectivity index (χ1v) is 7.26. The van der Waals surface area contributed by atoms with E-state index >= 15 is 0 Å². The van der Waals surface area contributed by atoms with E-state index in [-0.39, 0.29) is 24.2 Å². The quantitative estimate of drug-likeness (QED) is 0.845. The van der Waals surface area contributed by atoms with Crippen LogP contribution in [0.15, 0.2) is 24.3 Å². The number of amides is 2. The number of carbonyl (C=O) groups excluding carboxylic acids is 2. The van der Waals surface area contributed by atoms with E-state index in [4.69, 9.17) is 0 Å². The maximum absolute atomic E-state index is 12.4. The van der Waals surface area contributed by atoms with Gasteiger partial charge in [-0.25, -0.2) is 9.67 Å². The fourth-order valence-electron chi connectivity index (χ4n) is 2.10. The monoisotopic (exact) mass is 315 g/mol. The lowest BCUT2D eigenvalue weighted by Gasteiger charge is -2.17. The fraction of sp³-hybridized carbons (Fsp3) is 0.375. The van der Waals surface area contributed by atoms with Crippen LogP contribution in [0.3, 0.4) is 0 Å². The summed E-state index contributed by atoms with van der Waals surface area (Å²) in [4.78, 5) is 31.1. The van der Waals surface area contributed by atoms with Gasteiger partial charge in [-0.3, -0.25) is 9.59 Å². The summed E-state index contributed by atoms with van der Waals surface area (Å²) in [6.45, 7) is 3.75. The molecule has 0 spiro atoms. The molecule has 0 radical (unpaired) electrons. The normalized spacial score (nSPS) is 10.5. The Bertz CT molecular complexity index is 736. The summed E-state index contributed by atoms with van der Waals surface area (Å²) in [5, 5.41) is 4.30. The second kappa shape index (κ2) is 6.60. The van der Waals surface area contributed by atoms with E-state index in [0.717, 1.165) is 11.3 Å². The molecule has 0 unspecified atom stereocenters. The van der Waals surface area contributed by atoms with Gasteiger partial charge in [-0.15, -0.1) is 5.10 Å². The number of aromatic nitrogens is 3. The van der Waals surface area contributed by atoms with Crippen molar-refractivity contribution in [2.45, 2.75) is 13.8 Å². The summed E-state index contributed by atoms with van der Waals surface area (Å²) < 4.78 is 1.64. The minimum atomic E-state index is -0.379. The number of aryl methyl sites for hydroxylation is 2. The molecular weight excluding hydrogens is 294 g/mol. The maximum Gasteiger partial charge on any atom is 0.293 e. The van der Waals surface area contributed by atoms with Crippen molar-refractivity contribution in [2.24, 2.45) is 0 Å². The third-order valence-electron chi connectivity index (χ3n) is 3.52. The smallest absolute Gasteiger partial charge is 0.293 e. The van der Waals surface area contributed by atoms with E-state index in [2.05, 4.69) is 10.1 Å². The number of likely N-dealkylation sites (N-methyl/N-ethyl adjacent to an activating group) is 2. The predicted molar refractivity (Wildman–Crippen MR) is 86.5 cm³/mol. The number of hydrogen-bond donors (Lipinski definition) is 0. The van der Waals surface area contributed by atoms with Gasteiger partial charge in [-0.05, 0) is 25.5 Å². The number of nitrogens with zero attached hydrogens (tertiary/aromatic N) is 5. The molecule has 122 valence electrons. The molecule has 2 amide bonds. The highest BCUT2D eigenvalue weighted by Gasteiger charge is 2.21. The molecule has 0 bridgehead atoms. The molecule has 1 heterocycles. The zero-order chi connectivity index (χ0) is 17.1. The molecule has 0 aliphatic carbocycles. The fourth-order valence-corrected chi connectivity index (χ4v) is 2.10. The van der Waals surface area contributed by atoms with Gasteiger partial charge in [-0.2, -0.15) is 0 Å². The third kappa shape index (κ3) is 3.56. The number of para-hydroxylation sites is 1. The van der Waals surface area contributed by atoms with Crippen LogP contribution in [0, 0.1) is 13.8 Å². The van der Waals surface area contributed by atoms with Crippen LogP contribution < -0.4 is 0 Å². The van der Waals surface area contributed by atoms with Crippen molar-refractivity contribution in [1.82, 2.24) is 24.6 Å². The number of benzene rings is 1. The van der Waals surface area contributed by atoms with Crippen LogP contribution in [0.5, 0.6) is 0 Å². The highest BCUT2D eigenvalue weighted by Crippen LogP contribution is 2.14. The van der Waals surface area contributed by atoms with Crippen LogP contribution >= 0.6 is 0 Å². The number of rotatable bonds is 4. The highest BCUT2D eigenvalue weighted by atomic mass is 16.2. The van der Waals surface area contributed by atoms with Crippen molar-refractivity contribution in [1.29, 1.82) is 0 Å². The molecule has 0 aliphatic rings. The van der Waals surface area contributed by atoms with Crippen molar-refractivity contribution in [3.63, 3.8) is 0 Å². The first-order valence-electron chi connectivity index (χ1n) is 7.26. The van der Waals surface area contributed by atoms with Crippen LogP contribution in [-0.4, -0.2) is 64.1 Å². The molecular formula is C16H21N5O2. The second-order valence-corrected chi connectivity index (χ2v) is 5.63. The Hall–Kier alpha value is -2.70. The van der Waals surface area contributed by atoms with Crippen LogP contribution in [0.25, 0.3) is 5.69 Å². The summed E-state index contributed by atoms with van der Waals surface area (Å²) in [7, 11) is 4.86. The Morgan fingerprint density at radius 3 is 2.39 bits per heavy atom. The van der Waals surface area contributed by atoms with E-state index in [9.17, 15) is 9.59 Å². The Morgan fingerprint density at radius 2 is 1.78 bits per heavy atom. The number of carbonyl (C=O) groups is 2. The Kier molecular flexibility index (Phi) is 4.78. The minimum absolute atomic E-state index is 0.0101. The van der Waals surface area contributed by atoms with E-state index in [0.29, 0.717) is 5.82 Å².